The lowest BCUT2D eigenvalue weighted by Crippen LogP contribution is -2.22. The maximum Gasteiger partial charge on any atom is 0.0939 e. The van der Waals surface area contributed by atoms with E-state index in [9.17, 15) is 4.39 Å². The van der Waals surface area contributed by atoms with Gasteiger partial charge in [0.15, 0.2) is 0 Å². The van der Waals surface area contributed by atoms with Gasteiger partial charge in [-0.25, -0.2) is 4.39 Å². The predicted octanol–water partition coefficient (Wildman–Crippen LogP) is 3.25. The maximum absolute atomic E-state index is 13.3. The smallest absolute Gasteiger partial charge is 0.0939 e. The lowest BCUT2D eigenvalue weighted by molar-refractivity contribution is 0.275. The Balaban J connectivity index is 3.00. The number of rotatable bonds is 1. The predicted molar refractivity (Wildman–Crippen MR) is 50.9 cm³/mol. The Kier molecular flexibility index (Phi) is 2.37. The molecule has 66 valence electrons. The molecule has 12 heavy (non-hydrogen) atoms. The Bertz CT molecular complexity index is 220. The molecule has 2 unspecified atom stereocenters. The van der Waals surface area contributed by atoms with Crippen LogP contribution in [-0.2, 0) is 0 Å². The third kappa shape index (κ3) is 1.21. The zero-order chi connectivity index (χ0) is 9.52. The highest BCUT2D eigenvalue weighted by molar-refractivity contribution is 6.13. The zero-order valence-electron chi connectivity index (χ0n) is 8.32. The molecular formula is C10H16BF. The monoisotopic (exact) mass is 166 g/mol. The van der Waals surface area contributed by atoms with E-state index < -0.39 is 0 Å². The molecule has 0 heterocycles. The van der Waals surface area contributed by atoms with E-state index in [1.54, 1.807) is 0 Å². The highest BCUT2D eigenvalue weighted by Gasteiger charge is 2.40. The summed E-state index contributed by atoms with van der Waals surface area (Å²) in [5.74, 6) is 0.000370. The normalized spacial score (nSPS) is 36.7. The third-order valence-corrected chi connectivity index (χ3v) is 3.46. The van der Waals surface area contributed by atoms with Crippen molar-refractivity contribution in [3.63, 3.8) is 0 Å². The highest BCUT2D eigenvalue weighted by Crippen LogP contribution is 2.52. The first-order chi connectivity index (χ1) is 5.39. The van der Waals surface area contributed by atoms with Gasteiger partial charge in [-0.05, 0) is 36.1 Å². The molecule has 1 aliphatic carbocycles. The van der Waals surface area contributed by atoms with Gasteiger partial charge in [0.25, 0.3) is 0 Å². The first-order valence-corrected chi connectivity index (χ1v) is 4.52. The van der Waals surface area contributed by atoms with Crippen molar-refractivity contribution in [2.75, 3.05) is 0 Å². The summed E-state index contributed by atoms with van der Waals surface area (Å²) in [6.45, 7) is 8.20. The molecule has 0 bridgehead atoms. The summed E-state index contributed by atoms with van der Waals surface area (Å²) < 4.78 is 13.3. The quantitative estimate of drug-likeness (QED) is 0.524. The van der Waals surface area contributed by atoms with Crippen LogP contribution in [0.4, 0.5) is 4.39 Å². The van der Waals surface area contributed by atoms with Gasteiger partial charge in [-0.1, -0.05) is 20.8 Å². The second-order valence-corrected chi connectivity index (χ2v) is 4.36. The van der Waals surface area contributed by atoms with Gasteiger partial charge in [-0.3, -0.25) is 0 Å². The van der Waals surface area contributed by atoms with Crippen LogP contribution in [0.25, 0.3) is 0 Å². The average Bonchev–Trinajstić information content (AvgIpc) is 2.17. The number of hydrogen-bond donors (Lipinski definition) is 0. The van der Waals surface area contributed by atoms with E-state index in [0.717, 1.165) is 12.0 Å². The van der Waals surface area contributed by atoms with Crippen molar-refractivity contribution >= 4 is 7.85 Å². The van der Waals surface area contributed by atoms with Crippen LogP contribution >= 0.6 is 0 Å². The standard InChI is InChI=1S/C10H16BF/c1-6(2)10(4)5-8(11)9(12)7(10)3/h6,8H,5H2,1-4H3. The number of allylic oxidation sites excluding steroid dienone is 2. The van der Waals surface area contributed by atoms with Gasteiger partial charge in [-0.15, -0.1) is 0 Å². The van der Waals surface area contributed by atoms with Crippen molar-refractivity contribution < 1.29 is 4.39 Å². The van der Waals surface area contributed by atoms with Crippen LogP contribution in [0, 0.1) is 11.3 Å². The summed E-state index contributed by atoms with van der Waals surface area (Å²) >= 11 is 0. The molecule has 1 rings (SSSR count). The molecule has 0 aromatic carbocycles. The van der Waals surface area contributed by atoms with Crippen LogP contribution < -0.4 is 0 Å². The van der Waals surface area contributed by atoms with Gasteiger partial charge >= 0.3 is 0 Å². The van der Waals surface area contributed by atoms with E-state index in [1.807, 2.05) is 6.92 Å². The summed E-state index contributed by atoms with van der Waals surface area (Å²) in [6.07, 6.45) is 0.752. The molecule has 0 nitrogen and oxygen atoms in total. The molecular weight excluding hydrogens is 150 g/mol. The van der Waals surface area contributed by atoms with E-state index in [-0.39, 0.29) is 17.1 Å². The molecule has 0 fully saturated rings. The minimum Gasteiger partial charge on any atom is -0.212 e. The Morgan fingerprint density at radius 3 is 2.25 bits per heavy atom. The van der Waals surface area contributed by atoms with Gasteiger partial charge in [0.1, 0.15) is 0 Å². The molecule has 1 aliphatic rings. The summed E-state index contributed by atoms with van der Waals surface area (Å²) in [4.78, 5) is 0. The molecule has 2 radical (unpaired) electrons. The Morgan fingerprint density at radius 2 is 2.08 bits per heavy atom. The summed E-state index contributed by atoms with van der Waals surface area (Å²) in [7, 11) is 5.65. The third-order valence-electron chi connectivity index (χ3n) is 3.46. The molecule has 0 aromatic rings. The molecule has 0 aliphatic heterocycles. The van der Waals surface area contributed by atoms with Gasteiger partial charge in [0.2, 0.25) is 0 Å². The van der Waals surface area contributed by atoms with E-state index >= 15 is 0 Å². The van der Waals surface area contributed by atoms with Gasteiger partial charge < -0.3 is 0 Å². The SMILES string of the molecule is [B]C1CC(C)(C(C)C)C(C)=C1F. The summed E-state index contributed by atoms with van der Waals surface area (Å²) in [5.41, 5.74) is 0.828. The van der Waals surface area contributed by atoms with Crippen molar-refractivity contribution in [1.82, 2.24) is 0 Å². The minimum absolute atomic E-state index is 0.0243. The topological polar surface area (TPSA) is 0 Å². The van der Waals surface area contributed by atoms with Gasteiger partial charge in [-0.2, -0.15) is 0 Å². The second kappa shape index (κ2) is 2.90. The fraction of sp³-hybridized carbons (Fsp3) is 0.800. The molecule has 0 saturated heterocycles. The van der Waals surface area contributed by atoms with Crippen LogP contribution in [0.5, 0.6) is 0 Å². The Labute approximate surface area is 75.6 Å². The average molecular weight is 166 g/mol. The van der Waals surface area contributed by atoms with Crippen LogP contribution in [-0.4, -0.2) is 7.85 Å². The van der Waals surface area contributed by atoms with E-state index in [1.165, 1.54) is 0 Å². The number of hydrogen-bond acceptors (Lipinski definition) is 0. The van der Waals surface area contributed by atoms with Crippen LogP contribution in [0.2, 0.25) is 5.82 Å². The van der Waals surface area contributed by atoms with Crippen LogP contribution in [0.3, 0.4) is 0 Å². The molecule has 2 heteroatoms. The maximum atomic E-state index is 13.3. The van der Waals surface area contributed by atoms with E-state index in [4.69, 9.17) is 7.85 Å². The van der Waals surface area contributed by atoms with Crippen molar-refractivity contribution in [3.05, 3.63) is 11.4 Å². The van der Waals surface area contributed by atoms with Crippen molar-refractivity contribution in [2.24, 2.45) is 11.3 Å². The highest BCUT2D eigenvalue weighted by atomic mass is 19.1. The van der Waals surface area contributed by atoms with Gasteiger partial charge in [0, 0.05) is 0 Å². The second-order valence-electron chi connectivity index (χ2n) is 4.36. The summed E-state index contributed by atoms with van der Waals surface area (Å²) in [5, 5.41) is 0. The van der Waals surface area contributed by atoms with Crippen molar-refractivity contribution in [1.29, 1.82) is 0 Å². The molecule has 0 amide bonds. The lowest BCUT2D eigenvalue weighted by Gasteiger charge is -2.31. The summed E-state index contributed by atoms with van der Waals surface area (Å²) in [6, 6.07) is 0. The zero-order valence-corrected chi connectivity index (χ0v) is 8.32. The lowest BCUT2D eigenvalue weighted by atomic mass is 9.71. The molecule has 0 spiro atoms. The molecule has 0 saturated carbocycles. The van der Waals surface area contributed by atoms with Crippen LogP contribution in [0.15, 0.2) is 11.4 Å². The van der Waals surface area contributed by atoms with Crippen molar-refractivity contribution in [2.45, 2.75) is 39.9 Å². The Morgan fingerprint density at radius 1 is 1.58 bits per heavy atom. The molecule has 2 atom stereocenters. The minimum atomic E-state index is -0.364. The Hall–Kier alpha value is -0.265. The first-order valence-electron chi connectivity index (χ1n) is 4.52. The van der Waals surface area contributed by atoms with Crippen LogP contribution in [0.1, 0.15) is 34.1 Å². The van der Waals surface area contributed by atoms with E-state index in [0.29, 0.717) is 5.92 Å². The fourth-order valence-corrected chi connectivity index (χ4v) is 1.92. The fourth-order valence-electron chi connectivity index (χ4n) is 1.92. The number of halogens is 1. The molecule has 0 aromatic heterocycles. The van der Waals surface area contributed by atoms with Crippen molar-refractivity contribution in [3.8, 4) is 0 Å². The first kappa shape index (κ1) is 9.82. The molecule has 0 N–H and O–H groups in total. The van der Waals surface area contributed by atoms with E-state index in [2.05, 4.69) is 20.8 Å². The van der Waals surface area contributed by atoms with Gasteiger partial charge in [0.05, 0.1) is 13.7 Å². The largest absolute Gasteiger partial charge is 0.212 e.